The summed E-state index contributed by atoms with van der Waals surface area (Å²) in [7, 11) is 0. The number of rotatable bonds is 2. The Hall–Kier alpha value is -1.44. The summed E-state index contributed by atoms with van der Waals surface area (Å²) in [5, 5.41) is 12.1. The molecule has 2 rings (SSSR count). The van der Waals surface area contributed by atoms with Crippen molar-refractivity contribution in [2.75, 3.05) is 0 Å². The summed E-state index contributed by atoms with van der Waals surface area (Å²) in [5.41, 5.74) is 1.83. The number of carboxylic acid groups (broad SMARTS) is 1. The lowest BCUT2D eigenvalue weighted by Gasteiger charge is -2.01. The molecule has 1 N–H and O–H groups in total. The molecule has 0 saturated heterocycles. The fourth-order valence-electron chi connectivity index (χ4n) is 1.23. The molecule has 0 radical (unpaired) electrons. The Morgan fingerprint density at radius 2 is 2.25 bits per heavy atom. The molecule has 0 aliphatic heterocycles. The van der Waals surface area contributed by atoms with Crippen LogP contribution in [-0.4, -0.2) is 21.2 Å². The molecule has 0 saturated carbocycles. The van der Waals surface area contributed by atoms with Gasteiger partial charge >= 0.3 is 5.97 Å². The van der Waals surface area contributed by atoms with Crippen molar-refractivity contribution in [3.8, 4) is 11.5 Å². The lowest BCUT2D eigenvalue weighted by atomic mass is 10.1. The van der Waals surface area contributed by atoms with E-state index in [1.807, 2.05) is 25.1 Å². The van der Waals surface area contributed by atoms with Crippen LogP contribution < -0.4 is 0 Å². The summed E-state index contributed by atoms with van der Waals surface area (Å²) >= 11 is 2.16. The maximum atomic E-state index is 10.6. The topological polar surface area (TPSA) is 76.2 Å². The summed E-state index contributed by atoms with van der Waals surface area (Å²) in [6.45, 7) is 1.96. The van der Waals surface area contributed by atoms with Crippen LogP contribution in [-0.2, 0) is 0 Å². The highest BCUT2D eigenvalue weighted by atomic mass is 127. The number of carboxylic acids is 1. The molecule has 0 atom stereocenters. The van der Waals surface area contributed by atoms with Crippen LogP contribution >= 0.6 is 22.6 Å². The van der Waals surface area contributed by atoms with Gasteiger partial charge in [-0.25, -0.2) is 4.79 Å². The van der Waals surface area contributed by atoms with E-state index < -0.39 is 5.97 Å². The molecule has 0 spiro atoms. The highest BCUT2D eigenvalue weighted by molar-refractivity contribution is 14.1. The number of aryl methyl sites for hydroxylation is 1. The SMILES string of the molecule is Cc1cccc(-c2nc(C(=O)O)no2)c1I. The third kappa shape index (κ3) is 1.92. The fourth-order valence-corrected chi connectivity index (χ4v) is 1.82. The third-order valence-corrected chi connectivity index (χ3v) is 3.47. The highest BCUT2D eigenvalue weighted by Gasteiger charge is 2.16. The summed E-state index contributed by atoms with van der Waals surface area (Å²) in [4.78, 5) is 14.4. The molecule has 1 heterocycles. The number of aromatic carboxylic acids is 1. The van der Waals surface area contributed by atoms with Crippen molar-refractivity contribution in [3.63, 3.8) is 0 Å². The van der Waals surface area contributed by atoms with Crippen molar-refractivity contribution in [2.24, 2.45) is 0 Å². The maximum absolute atomic E-state index is 10.6. The third-order valence-electron chi connectivity index (χ3n) is 2.04. The van der Waals surface area contributed by atoms with Crippen LogP contribution in [0.2, 0.25) is 0 Å². The predicted molar refractivity (Wildman–Crippen MR) is 64.1 cm³/mol. The normalized spacial score (nSPS) is 10.4. The monoisotopic (exact) mass is 330 g/mol. The molecule has 0 fully saturated rings. The van der Waals surface area contributed by atoms with Gasteiger partial charge in [0.05, 0.1) is 5.56 Å². The lowest BCUT2D eigenvalue weighted by molar-refractivity contribution is 0.0680. The summed E-state index contributed by atoms with van der Waals surface area (Å²) < 4.78 is 5.87. The Morgan fingerprint density at radius 3 is 2.88 bits per heavy atom. The van der Waals surface area contributed by atoms with Crippen molar-refractivity contribution in [2.45, 2.75) is 6.92 Å². The molecule has 0 aliphatic rings. The highest BCUT2D eigenvalue weighted by Crippen LogP contribution is 2.25. The van der Waals surface area contributed by atoms with Crippen molar-refractivity contribution >= 4 is 28.6 Å². The van der Waals surface area contributed by atoms with E-state index in [9.17, 15) is 4.79 Å². The number of hydrogen-bond acceptors (Lipinski definition) is 4. The molecule has 2 aromatic rings. The van der Waals surface area contributed by atoms with Crippen LogP contribution in [0.25, 0.3) is 11.5 Å². The molecule has 82 valence electrons. The van der Waals surface area contributed by atoms with Crippen LogP contribution in [0.3, 0.4) is 0 Å². The Bertz CT molecular complexity index is 551. The van der Waals surface area contributed by atoms with E-state index in [1.165, 1.54) is 0 Å². The van der Waals surface area contributed by atoms with E-state index >= 15 is 0 Å². The Morgan fingerprint density at radius 1 is 1.50 bits per heavy atom. The minimum absolute atomic E-state index is 0.227. The van der Waals surface area contributed by atoms with Crippen LogP contribution in [0.15, 0.2) is 22.7 Å². The quantitative estimate of drug-likeness (QED) is 0.856. The van der Waals surface area contributed by atoms with Gasteiger partial charge in [-0.2, -0.15) is 4.98 Å². The van der Waals surface area contributed by atoms with Gasteiger partial charge in [-0.1, -0.05) is 12.1 Å². The minimum Gasteiger partial charge on any atom is -0.475 e. The van der Waals surface area contributed by atoms with Gasteiger partial charge < -0.3 is 9.63 Å². The summed E-state index contributed by atoms with van der Waals surface area (Å²) in [5.74, 6) is -1.30. The van der Waals surface area contributed by atoms with Gasteiger partial charge in [0, 0.05) is 3.57 Å². The second-order valence-corrected chi connectivity index (χ2v) is 4.24. The van der Waals surface area contributed by atoms with Gasteiger partial charge in [-0.05, 0) is 46.3 Å². The standard InChI is InChI=1S/C10H7IN2O3/c1-5-3-2-4-6(7(5)11)9-12-8(10(14)15)13-16-9/h2-4H,1H3,(H,14,15). The summed E-state index contributed by atoms with van der Waals surface area (Å²) in [6.07, 6.45) is 0. The second-order valence-electron chi connectivity index (χ2n) is 3.16. The van der Waals surface area contributed by atoms with E-state index in [2.05, 4.69) is 32.7 Å². The first-order valence-electron chi connectivity index (χ1n) is 4.42. The zero-order valence-electron chi connectivity index (χ0n) is 8.27. The van der Waals surface area contributed by atoms with Crippen molar-refractivity contribution in [1.29, 1.82) is 0 Å². The second kappa shape index (κ2) is 4.20. The van der Waals surface area contributed by atoms with E-state index in [0.29, 0.717) is 0 Å². The zero-order valence-corrected chi connectivity index (χ0v) is 10.4. The van der Waals surface area contributed by atoms with E-state index in [4.69, 9.17) is 9.63 Å². The van der Waals surface area contributed by atoms with Crippen LogP contribution in [0.5, 0.6) is 0 Å². The molecule has 1 aromatic carbocycles. The van der Waals surface area contributed by atoms with Gasteiger partial charge in [0.2, 0.25) is 0 Å². The van der Waals surface area contributed by atoms with Gasteiger partial charge in [-0.3, -0.25) is 0 Å². The van der Waals surface area contributed by atoms with E-state index in [1.54, 1.807) is 0 Å². The number of benzene rings is 1. The van der Waals surface area contributed by atoms with Crippen LogP contribution in [0.4, 0.5) is 0 Å². The molecule has 6 heteroatoms. The molecule has 0 unspecified atom stereocenters. The number of nitrogens with zero attached hydrogens (tertiary/aromatic N) is 2. The number of carbonyl (C=O) groups is 1. The number of halogens is 1. The largest absolute Gasteiger partial charge is 0.475 e. The number of hydrogen-bond donors (Lipinski definition) is 1. The van der Waals surface area contributed by atoms with E-state index in [0.717, 1.165) is 14.7 Å². The average molecular weight is 330 g/mol. The minimum atomic E-state index is -1.20. The van der Waals surface area contributed by atoms with Crippen molar-refractivity contribution < 1.29 is 14.4 Å². The fraction of sp³-hybridized carbons (Fsp3) is 0.100. The molecule has 0 bridgehead atoms. The molecule has 1 aromatic heterocycles. The molecule has 16 heavy (non-hydrogen) atoms. The molecule has 5 nitrogen and oxygen atoms in total. The smallest absolute Gasteiger partial charge is 0.377 e. The van der Waals surface area contributed by atoms with Crippen molar-refractivity contribution in [3.05, 3.63) is 33.2 Å². The number of aromatic nitrogens is 2. The first-order valence-corrected chi connectivity index (χ1v) is 5.50. The molecular formula is C10H7IN2O3. The molecule has 0 aliphatic carbocycles. The van der Waals surface area contributed by atoms with E-state index in [-0.39, 0.29) is 11.7 Å². The first kappa shape index (κ1) is 11.1. The van der Waals surface area contributed by atoms with Gasteiger partial charge in [-0.15, -0.1) is 0 Å². The first-order chi connectivity index (χ1) is 7.59. The summed E-state index contributed by atoms with van der Waals surface area (Å²) in [6, 6.07) is 5.63. The maximum Gasteiger partial charge on any atom is 0.377 e. The Labute approximate surface area is 105 Å². The van der Waals surface area contributed by atoms with Gasteiger partial charge in [0.25, 0.3) is 11.7 Å². The van der Waals surface area contributed by atoms with Crippen molar-refractivity contribution in [1.82, 2.24) is 10.1 Å². The van der Waals surface area contributed by atoms with Crippen LogP contribution in [0.1, 0.15) is 16.2 Å². The molecule has 0 amide bonds. The van der Waals surface area contributed by atoms with Gasteiger partial charge in [0.1, 0.15) is 0 Å². The predicted octanol–water partition coefficient (Wildman–Crippen LogP) is 2.35. The van der Waals surface area contributed by atoms with Crippen LogP contribution in [0, 0.1) is 10.5 Å². The Balaban J connectivity index is 2.50. The van der Waals surface area contributed by atoms with Gasteiger partial charge in [0.15, 0.2) is 0 Å². The lowest BCUT2D eigenvalue weighted by Crippen LogP contribution is -1.98. The molecular weight excluding hydrogens is 323 g/mol. The Kier molecular flexibility index (Phi) is 2.90. The average Bonchev–Trinajstić information content (AvgIpc) is 2.71. The zero-order chi connectivity index (χ0) is 11.7.